The van der Waals surface area contributed by atoms with Gasteiger partial charge >= 0.3 is 134 Å². The quantitative estimate of drug-likeness (QED) is 0.857. The molecule has 2 heterocycles. The van der Waals surface area contributed by atoms with E-state index in [1.54, 1.807) is 16.7 Å². The van der Waals surface area contributed by atoms with E-state index in [0.29, 0.717) is 19.6 Å². The molecule has 23 heavy (non-hydrogen) atoms. The number of thioether (sulfide) groups is 1. The van der Waals surface area contributed by atoms with Gasteiger partial charge in [-0.2, -0.15) is 0 Å². The van der Waals surface area contributed by atoms with Crippen LogP contribution in [0.1, 0.15) is 11.1 Å². The average Bonchev–Trinajstić information content (AvgIpc) is 2.82. The number of hydrogen-bond acceptors (Lipinski definition) is 3. The molecule has 0 aliphatic carbocycles. The molecule has 0 saturated heterocycles. The van der Waals surface area contributed by atoms with Crippen LogP contribution in [0.5, 0.6) is 0 Å². The van der Waals surface area contributed by atoms with Gasteiger partial charge < -0.3 is 0 Å². The van der Waals surface area contributed by atoms with Crippen molar-refractivity contribution in [3.8, 4) is 0 Å². The van der Waals surface area contributed by atoms with E-state index in [2.05, 4.69) is 11.4 Å². The van der Waals surface area contributed by atoms with Crippen molar-refractivity contribution < 1.29 is 9.59 Å². The van der Waals surface area contributed by atoms with Gasteiger partial charge in [0.1, 0.15) is 0 Å². The Labute approximate surface area is 140 Å². The summed E-state index contributed by atoms with van der Waals surface area (Å²) in [4.78, 5) is 27.3. The Kier molecular flexibility index (Phi) is 5.13. The van der Waals surface area contributed by atoms with Crippen molar-refractivity contribution in [3.05, 3.63) is 59.4 Å². The fourth-order valence-corrected chi connectivity index (χ4v) is 3.52. The zero-order chi connectivity index (χ0) is 16.1. The zero-order valence-electron chi connectivity index (χ0n) is 12.7. The molecule has 4 nitrogen and oxygen atoms in total. The van der Waals surface area contributed by atoms with Gasteiger partial charge in [-0.3, -0.25) is 0 Å². The number of amides is 2. The van der Waals surface area contributed by atoms with Crippen molar-refractivity contribution in [1.82, 2.24) is 10.2 Å². The summed E-state index contributed by atoms with van der Waals surface area (Å²) in [6, 6.07) is 11.9. The number of carbonyl (C=O) groups is 2. The molecule has 6 heteroatoms. The molecule has 2 aromatic rings. The van der Waals surface area contributed by atoms with E-state index in [1.165, 1.54) is 4.90 Å². The normalized spacial score (nSPS) is 13.7. The van der Waals surface area contributed by atoms with Gasteiger partial charge in [0.05, 0.1) is 0 Å². The van der Waals surface area contributed by atoms with Crippen LogP contribution in [0.15, 0.2) is 53.2 Å². The molecular weight excluding hydrogens is 307 g/mol. The SMILES string of the molecule is O=C(NCc1ccbcc1)C(=O)N1CCSc2ccccc2C1. The third kappa shape index (κ3) is 4.02. The first-order valence-electron chi connectivity index (χ1n) is 7.56. The molecule has 3 rings (SSSR count). The predicted molar refractivity (Wildman–Crippen MR) is 92.2 cm³/mol. The summed E-state index contributed by atoms with van der Waals surface area (Å²) in [7, 11) is 0. The number of nitrogens with one attached hydrogen (secondary N) is 1. The summed E-state index contributed by atoms with van der Waals surface area (Å²) in [6.07, 6.45) is 0. The first-order chi connectivity index (χ1) is 11.2. The second-order valence-corrected chi connectivity index (χ2v) is 6.49. The van der Waals surface area contributed by atoms with Gasteiger partial charge in [0.2, 0.25) is 0 Å². The minimum absolute atomic E-state index is 0.366. The van der Waals surface area contributed by atoms with Crippen LogP contribution in [-0.4, -0.2) is 35.9 Å². The number of hydrogen-bond donors (Lipinski definition) is 1. The van der Waals surface area contributed by atoms with Crippen LogP contribution in [0.25, 0.3) is 0 Å². The molecule has 1 aromatic carbocycles. The molecule has 0 unspecified atom stereocenters. The molecule has 1 aliphatic rings. The number of benzene rings is 1. The van der Waals surface area contributed by atoms with Gasteiger partial charge in [0, 0.05) is 0 Å². The van der Waals surface area contributed by atoms with Gasteiger partial charge in [-0.25, -0.2) is 0 Å². The van der Waals surface area contributed by atoms with E-state index < -0.39 is 11.8 Å². The molecule has 1 aliphatic heterocycles. The summed E-state index contributed by atoms with van der Waals surface area (Å²) in [6.45, 7) is 3.35. The van der Waals surface area contributed by atoms with Crippen molar-refractivity contribution in [2.75, 3.05) is 12.3 Å². The van der Waals surface area contributed by atoms with Crippen LogP contribution in [0, 0.1) is 0 Å². The first kappa shape index (κ1) is 15.8. The molecule has 0 spiro atoms. The zero-order valence-corrected chi connectivity index (χ0v) is 13.5. The van der Waals surface area contributed by atoms with Gasteiger partial charge in [-0.05, 0) is 0 Å². The summed E-state index contributed by atoms with van der Waals surface area (Å²) in [5.74, 6) is 3.62. The van der Waals surface area contributed by atoms with E-state index in [1.807, 2.05) is 49.2 Å². The maximum atomic E-state index is 12.4. The second kappa shape index (κ2) is 7.46. The molecule has 1 aromatic heterocycles. The van der Waals surface area contributed by atoms with Crippen LogP contribution < -0.4 is 5.32 Å². The minimum atomic E-state index is -0.543. The van der Waals surface area contributed by atoms with Crippen molar-refractivity contribution in [2.24, 2.45) is 0 Å². The Bertz CT molecular complexity index is 709. The first-order valence-corrected chi connectivity index (χ1v) is 8.54. The van der Waals surface area contributed by atoms with Crippen LogP contribution in [-0.2, 0) is 22.7 Å². The molecule has 1 N–H and O–H groups in total. The van der Waals surface area contributed by atoms with E-state index in [9.17, 15) is 9.59 Å². The molecule has 0 radical (unpaired) electrons. The monoisotopic (exact) mass is 324 g/mol. The third-order valence-electron chi connectivity index (χ3n) is 3.73. The van der Waals surface area contributed by atoms with Crippen LogP contribution in [0.2, 0.25) is 0 Å². The molecule has 0 bridgehead atoms. The maximum absolute atomic E-state index is 12.4. The molecular formula is C17H17BN2O2S. The van der Waals surface area contributed by atoms with Crippen molar-refractivity contribution in [1.29, 1.82) is 0 Å². The van der Waals surface area contributed by atoms with Gasteiger partial charge in [0.15, 0.2) is 0 Å². The van der Waals surface area contributed by atoms with E-state index in [-0.39, 0.29) is 0 Å². The second-order valence-electron chi connectivity index (χ2n) is 5.35. The average molecular weight is 324 g/mol. The molecule has 2 amide bonds. The van der Waals surface area contributed by atoms with E-state index >= 15 is 0 Å². The van der Waals surface area contributed by atoms with Crippen molar-refractivity contribution in [2.45, 2.75) is 18.0 Å². The summed E-state index contributed by atoms with van der Waals surface area (Å²) < 4.78 is 0. The van der Waals surface area contributed by atoms with Crippen LogP contribution >= 0.6 is 11.8 Å². The number of fused-ring (bicyclic) bond motifs is 1. The fourth-order valence-electron chi connectivity index (χ4n) is 2.50. The van der Waals surface area contributed by atoms with Crippen LogP contribution in [0.3, 0.4) is 0 Å². The fraction of sp³-hybridized carbons (Fsp3) is 0.235. The molecule has 116 valence electrons. The van der Waals surface area contributed by atoms with Crippen molar-refractivity contribution >= 4 is 30.5 Å². The summed E-state index contributed by atoms with van der Waals surface area (Å²) in [5, 5.41) is 2.70. The van der Waals surface area contributed by atoms with Crippen molar-refractivity contribution in [3.63, 3.8) is 0 Å². The van der Waals surface area contributed by atoms with Gasteiger partial charge in [-0.1, -0.05) is 6.07 Å². The summed E-state index contributed by atoms with van der Waals surface area (Å²) >= 11 is 1.73. The van der Waals surface area contributed by atoms with Gasteiger partial charge in [-0.15, -0.1) is 0 Å². The Morgan fingerprint density at radius 3 is 2.78 bits per heavy atom. The van der Waals surface area contributed by atoms with Gasteiger partial charge in [0.25, 0.3) is 0 Å². The topological polar surface area (TPSA) is 49.4 Å². The third-order valence-corrected chi connectivity index (χ3v) is 4.83. The molecule has 0 saturated carbocycles. The summed E-state index contributed by atoms with van der Waals surface area (Å²) in [5.41, 5.74) is 2.07. The Balaban J connectivity index is 1.62. The molecule has 0 fully saturated rings. The Hall–Kier alpha value is -2.08. The van der Waals surface area contributed by atoms with E-state index in [0.717, 1.165) is 16.9 Å². The standard InChI is InChI=1S/C17H17BN2O2S/c21-16(19-11-13-5-7-18-8-6-13)17(22)20-9-10-23-15-4-2-1-3-14(15)12-20/h1-8H,9-12H2,(H,19,21). The number of carbonyl (C=O) groups excluding carboxylic acids is 2. The molecule has 0 atom stereocenters. The predicted octanol–water partition coefficient (Wildman–Crippen LogP) is 1.78. The number of rotatable bonds is 2. The number of nitrogens with zero attached hydrogens (tertiary/aromatic N) is 1. The van der Waals surface area contributed by atoms with E-state index in [4.69, 9.17) is 0 Å². The van der Waals surface area contributed by atoms with Crippen LogP contribution in [0.4, 0.5) is 0 Å². The Morgan fingerprint density at radius 2 is 1.96 bits per heavy atom. The Morgan fingerprint density at radius 1 is 1.17 bits per heavy atom.